The summed E-state index contributed by atoms with van der Waals surface area (Å²) in [5, 5.41) is 10.9. The van der Waals surface area contributed by atoms with Crippen LogP contribution >= 0.6 is 0 Å². The summed E-state index contributed by atoms with van der Waals surface area (Å²) < 4.78 is 27.1. The van der Waals surface area contributed by atoms with Crippen molar-refractivity contribution < 1.29 is 28.8 Å². The smallest absolute Gasteiger partial charge is 0.213 e. The molecule has 4 rings (SSSR count). The summed E-state index contributed by atoms with van der Waals surface area (Å²) in [5.41, 5.74) is 4.25. The van der Waals surface area contributed by atoms with E-state index < -0.39 is 0 Å². The number of nitrogens with one attached hydrogen (secondary N) is 1. The molecule has 2 N–H and O–H groups in total. The van der Waals surface area contributed by atoms with Crippen molar-refractivity contribution in [3.8, 4) is 17.0 Å². The van der Waals surface area contributed by atoms with E-state index in [-0.39, 0.29) is 6.61 Å². The molecule has 3 aromatic heterocycles. The van der Waals surface area contributed by atoms with Gasteiger partial charge < -0.3 is 33.8 Å². The molecule has 3 heterocycles. The first-order valence-electron chi connectivity index (χ1n) is 11.7. The number of H-pyrrole nitrogens is 1. The zero-order valence-electron chi connectivity index (χ0n) is 19.7. The van der Waals surface area contributed by atoms with E-state index in [1.807, 2.05) is 30.6 Å². The maximum atomic E-state index is 8.58. The second kappa shape index (κ2) is 13.7. The molecule has 0 aliphatic rings. The number of aliphatic hydroxyl groups excluding tert-OH is 1. The van der Waals surface area contributed by atoms with Crippen LogP contribution in [-0.2, 0) is 18.9 Å². The fourth-order valence-electron chi connectivity index (χ4n) is 3.59. The number of aromatic nitrogens is 3. The van der Waals surface area contributed by atoms with Gasteiger partial charge in [-0.15, -0.1) is 0 Å². The third-order valence-electron chi connectivity index (χ3n) is 5.30. The lowest BCUT2D eigenvalue weighted by atomic mass is 10.1. The summed E-state index contributed by atoms with van der Waals surface area (Å²) in [6.45, 7) is 4.18. The first-order valence-corrected chi connectivity index (χ1v) is 11.7. The number of benzene rings is 1. The summed E-state index contributed by atoms with van der Waals surface area (Å²) >= 11 is 0. The molecule has 1 aromatic carbocycles. The largest absolute Gasteiger partial charge is 0.475 e. The maximum absolute atomic E-state index is 8.58. The third kappa shape index (κ3) is 7.45. The Morgan fingerprint density at radius 1 is 0.657 bits per heavy atom. The molecular formula is C26H31N3O6. The van der Waals surface area contributed by atoms with E-state index in [0.29, 0.717) is 65.3 Å². The van der Waals surface area contributed by atoms with Crippen LogP contribution in [0.1, 0.15) is 0 Å². The Bertz CT molecular complexity index is 1160. The summed E-state index contributed by atoms with van der Waals surface area (Å²) in [6, 6.07) is 12.2. The molecule has 0 aliphatic heterocycles. The number of aromatic amines is 1. The maximum Gasteiger partial charge on any atom is 0.213 e. The van der Waals surface area contributed by atoms with Crippen molar-refractivity contribution in [2.75, 3.05) is 66.1 Å². The van der Waals surface area contributed by atoms with Crippen LogP contribution in [0.2, 0.25) is 0 Å². The fraction of sp³-hybridized carbons (Fsp3) is 0.385. The van der Waals surface area contributed by atoms with E-state index in [1.54, 1.807) is 6.20 Å². The molecule has 0 unspecified atom stereocenters. The average Bonchev–Trinajstić information content (AvgIpc) is 3.27. The molecule has 0 radical (unpaired) electrons. The van der Waals surface area contributed by atoms with Gasteiger partial charge in [-0.25, -0.2) is 4.98 Å². The number of rotatable bonds is 16. The van der Waals surface area contributed by atoms with Crippen molar-refractivity contribution in [3.63, 3.8) is 0 Å². The standard InChI is InChI=1S/C26H31N3O6/c30-7-8-31-9-10-32-11-12-33-13-14-34-15-16-35-26-4-2-21(18-28-26)20-1-3-22-23-19-27-6-5-24(23)29-25(22)17-20/h1-6,17-19,29-30H,7-16H2. The number of nitrogens with zero attached hydrogens (tertiary/aromatic N) is 2. The Labute approximate surface area is 204 Å². The van der Waals surface area contributed by atoms with E-state index in [4.69, 9.17) is 28.8 Å². The third-order valence-corrected chi connectivity index (χ3v) is 5.30. The van der Waals surface area contributed by atoms with Crippen molar-refractivity contribution >= 4 is 21.8 Å². The highest BCUT2D eigenvalue weighted by Gasteiger charge is 2.07. The Kier molecular flexibility index (Phi) is 9.81. The van der Waals surface area contributed by atoms with Gasteiger partial charge in [0.25, 0.3) is 0 Å². The minimum atomic E-state index is 0.0272. The highest BCUT2D eigenvalue weighted by atomic mass is 16.6. The molecule has 0 atom stereocenters. The molecule has 186 valence electrons. The van der Waals surface area contributed by atoms with Gasteiger partial charge in [-0.05, 0) is 23.8 Å². The van der Waals surface area contributed by atoms with Gasteiger partial charge in [-0.2, -0.15) is 0 Å². The predicted octanol–water partition coefficient (Wildman–Crippen LogP) is 3.22. The van der Waals surface area contributed by atoms with E-state index in [0.717, 1.165) is 32.9 Å². The van der Waals surface area contributed by atoms with Crippen molar-refractivity contribution in [1.82, 2.24) is 15.0 Å². The van der Waals surface area contributed by atoms with Gasteiger partial charge in [-0.3, -0.25) is 4.98 Å². The van der Waals surface area contributed by atoms with Crippen molar-refractivity contribution in [1.29, 1.82) is 0 Å². The molecule has 35 heavy (non-hydrogen) atoms. The minimum absolute atomic E-state index is 0.0272. The molecule has 0 spiro atoms. The predicted molar refractivity (Wildman–Crippen MR) is 133 cm³/mol. The molecule has 0 amide bonds. The topological polar surface area (TPSA) is 108 Å². The molecular weight excluding hydrogens is 450 g/mol. The van der Waals surface area contributed by atoms with E-state index in [1.165, 1.54) is 0 Å². The molecule has 0 fully saturated rings. The second-order valence-electron chi connectivity index (χ2n) is 7.71. The van der Waals surface area contributed by atoms with Gasteiger partial charge in [-0.1, -0.05) is 12.1 Å². The van der Waals surface area contributed by atoms with Gasteiger partial charge in [0.05, 0.1) is 59.5 Å². The van der Waals surface area contributed by atoms with Crippen LogP contribution in [0.3, 0.4) is 0 Å². The van der Waals surface area contributed by atoms with Crippen LogP contribution in [0.15, 0.2) is 55.0 Å². The SMILES string of the molecule is OCCOCCOCCOCCOCCOc1ccc(-c2ccc3c(c2)[nH]c2ccncc23)cn1. The quantitative estimate of drug-likeness (QED) is 0.235. The highest BCUT2D eigenvalue weighted by molar-refractivity contribution is 6.07. The minimum Gasteiger partial charge on any atom is -0.475 e. The molecule has 0 aliphatic carbocycles. The first kappa shape index (κ1) is 25.0. The van der Waals surface area contributed by atoms with Crippen LogP contribution < -0.4 is 4.74 Å². The average molecular weight is 482 g/mol. The zero-order chi connectivity index (χ0) is 24.1. The molecule has 9 heteroatoms. The zero-order valence-corrected chi connectivity index (χ0v) is 19.7. The highest BCUT2D eigenvalue weighted by Crippen LogP contribution is 2.29. The van der Waals surface area contributed by atoms with E-state index in [2.05, 4.69) is 33.2 Å². The van der Waals surface area contributed by atoms with E-state index >= 15 is 0 Å². The van der Waals surface area contributed by atoms with Crippen LogP contribution in [0.4, 0.5) is 0 Å². The number of pyridine rings is 2. The Morgan fingerprint density at radius 3 is 2.03 bits per heavy atom. The Morgan fingerprint density at radius 2 is 1.34 bits per heavy atom. The molecule has 9 nitrogen and oxygen atoms in total. The lowest BCUT2D eigenvalue weighted by Crippen LogP contribution is -2.14. The summed E-state index contributed by atoms with van der Waals surface area (Å²) in [7, 11) is 0. The van der Waals surface area contributed by atoms with Crippen LogP contribution in [0.25, 0.3) is 32.9 Å². The van der Waals surface area contributed by atoms with E-state index in [9.17, 15) is 0 Å². The Balaban J connectivity index is 1.10. The summed E-state index contributed by atoms with van der Waals surface area (Å²) in [5.74, 6) is 0.562. The number of hydrogen-bond acceptors (Lipinski definition) is 8. The lowest BCUT2D eigenvalue weighted by Gasteiger charge is -2.08. The fourth-order valence-corrected chi connectivity index (χ4v) is 3.59. The van der Waals surface area contributed by atoms with Gasteiger partial charge in [0, 0.05) is 52.0 Å². The van der Waals surface area contributed by atoms with Crippen molar-refractivity contribution in [2.45, 2.75) is 0 Å². The van der Waals surface area contributed by atoms with Gasteiger partial charge in [0.15, 0.2) is 0 Å². The second-order valence-corrected chi connectivity index (χ2v) is 7.71. The van der Waals surface area contributed by atoms with Crippen LogP contribution in [0.5, 0.6) is 5.88 Å². The van der Waals surface area contributed by atoms with Gasteiger partial charge in [0.1, 0.15) is 6.61 Å². The van der Waals surface area contributed by atoms with Gasteiger partial charge in [0.2, 0.25) is 5.88 Å². The molecule has 4 aromatic rings. The molecule has 0 saturated carbocycles. The van der Waals surface area contributed by atoms with Crippen LogP contribution in [-0.4, -0.2) is 86.1 Å². The van der Waals surface area contributed by atoms with Gasteiger partial charge >= 0.3 is 0 Å². The summed E-state index contributed by atoms with van der Waals surface area (Å²) in [6.07, 6.45) is 5.49. The van der Waals surface area contributed by atoms with Crippen molar-refractivity contribution in [3.05, 3.63) is 55.0 Å². The number of ether oxygens (including phenoxy) is 5. The normalized spacial score (nSPS) is 11.5. The van der Waals surface area contributed by atoms with Crippen molar-refractivity contribution in [2.24, 2.45) is 0 Å². The lowest BCUT2D eigenvalue weighted by molar-refractivity contribution is -0.00789. The number of hydrogen-bond donors (Lipinski definition) is 2. The summed E-state index contributed by atoms with van der Waals surface area (Å²) in [4.78, 5) is 12.1. The molecule has 0 saturated heterocycles. The number of fused-ring (bicyclic) bond motifs is 3. The molecule has 0 bridgehead atoms. The monoisotopic (exact) mass is 481 g/mol. The number of aliphatic hydroxyl groups is 1. The van der Waals surface area contributed by atoms with Crippen LogP contribution in [0, 0.1) is 0 Å². The first-order chi connectivity index (χ1) is 17.3. The Hall–Kier alpha value is -3.08.